The first kappa shape index (κ1) is 19.1. The highest BCUT2D eigenvalue weighted by Gasteiger charge is 2.37. The van der Waals surface area contributed by atoms with Gasteiger partial charge in [0.1, 0.15) is 29.8 Å². The maximum Gasteiger partial charge on any atom is 0.205 e. The zero-order chi connectivity index (χ0) is 20.4. The molecule has 5 nitrogen and oxygen atoms in total. The lowest BCUT2D eigenvalue weighted by Crippen LogP contribution is -2.27. The van der Waals surface area contributed by atoms with Crippen molar-refractivity contribution in [1.29, 1.82) is 5.26 Å². The smallest absolute Gasteiger partial charge is 0.205 e. The molecule has 1 heterocycles. The van der Waals surface area contributed by atoms with E-state index >= 15 is 0 Å². The second-order valence-electron chi connectivity index (χ2n) is 6.99. The Labute approximate surface area is 174 Å². The molecule has 0 saturated heterocycles. The summed E-state index contributed by atoms with van der Waals surface area (Å²) in [6, 6.07) is 17.0. The predicted octanol–water partition coefficient (Wildman–Crippen LogP) is 4.73. The van der Waals surface area contributed by atoms with Gasteiger partial charge in [-0.3, -0.25) is 4.79 Å². The van der Waals surface area contributed by atoms with Gasteiger partial charge in [0.25, 0.3) is 0 Å². The van der Waals surface area contributed by atoms with E-state index in [1.165, 1.54) is 0 Å². The van der Waals surface area contributed by atoms with Crippen LogP contribution in [-0.4, -0.2) is 5.78 Å². The number of nitrogens with two attached hydrogens (primary N) is 1. The lowest BCUT2D eigenvalue weighted by molar-refractivity contribution is -0.116. The van der Waals surface area contributed by atoms with E-state index in [0.29, 0.717) is 41.6 Å². The summed E-state index contributed by atoms with van der Waals surface area (Å²) in [7, 11) is 0. The first-order chi connectivity index (χ1) is 14.1. The number of nitrogens with zero attached hydrogens (tertiary/aromatic N) is 1. The average Bonchev–Trinajstić information content (AvgIpc) is 2.73. The SMILES string of the molecule is N#CC1=C(N)OC2=C(C(=O)CCC2)[C@@H]1c1ccc(OCc2ccccc2Cl)cc1. The van der Waals surface area contributed by atoms with Gasteiger partial charge in [0.2, 0.25) is 5.88 Å². The summed E-state index contributed by atoms with van der Waals surface area (Å²) in [5.74, 6) is 0.830. The van der Waals surface area contributed by atoms with Crippen LogP contribution in [0, 0.1) is 11.3 Å². The highest BCUT2D eigenvalue weighted by Crippen LogP contribution is 2.43. The van der Waals surface area contributed by atoms with E-state index < -0.39 is 5.92 Å². The standard InChI is InChI=1S/C23H19ClN2O3/c24-18-5-2-1-4-15(18)13-28-16-10-8-14(9-11-16)21-17(12-25)23(26)29-20-7-3-6-19(27)22(20)21/h1-2,4-5,8-11,21H,3,6-7,13,26H2/t21-/m1/s1. The van der Waals surface area contributed by atoms with E-state index in [1.54, 1.807) is 0 Å². The van der Waals surface area contributed by atoms with E-state index in [0.717, 1.165) is 17.5 Å². The zero-order valence-electron chi connectivity index (χ0n) is 15.7. The molecule has 0 amide bonds. The first-order valence-corrected chi connectivity index (χ1v) is 9.76. The number of halogens is 1. The highest BCUT2D eigenvalue weighted by atomic mass is 35.5. The minimum Gasteiger partial charge on any atom is -0.489 e. The number of nitriles is 1. The van der Waals surface area contributed by atoms with Crippen LogP contribution in [0.5, 0.6) is 5.75 Å². The molecule has 0 fully saturated rings. The van der Waals surface area contributed by atoms with Gasteiger partial charge in [-0.05, 0) is 30.2 Å². The fourth-order valence-corrected chi connectivity index (χ4v) is 3.91. The molecule has 2 aromatic carbocycles. The summed E-state index contributed by atoms with van der Waals surface area (Å²) in [6.45, 7) is 0.348. The zero-order valence-corrected chi connectivity index (χ0v) is 16.4. The van der Waals surface area contributed by atoms with Crippen LogP contribution in [0.15, 0.2) is 71.3 Å². The van der Waals surface area contributed by atoms with Gasteiger partial charge in [-0.25, -0.2) is 0 Å². The molecule has 6 heteroatoms. The summed E-state index contributed by atoms with van der Waals surface area (Å²) in [4.78, 5) is 12.6. The Kier molecular flexibility index (Phi) is 5.28. The number of rotatable bonds is 4. The molecule has 4 rings (SSSR count). The van der Waals surface area contributed by atoms with Crippen LogP contribution in [0.2, 0.25) is 5.02 Å². The maximum absolute atomic E-state index is 12.6. The molecule has 146 valence electrons. The van der Waals surface area contributed by atoms with Crippen molar-refractivity contribution in [2.75, 3.05) is 0 Å². The molecule has 0 spiro atoms. The van der Waals surface area contributed by atoms with E-state index in [1.807, 2.05) is 48.5 Å². The van der Waals surface area contributed by atoms with Crippen LogP contribution in [0.4, 0.5) is 0 Å². The van der Waals surface area contributed by atoms with Crippen LogP contribution in [-0.2, 0) is 16.1 Å². The average molecular weight is 407 g/mol. The molecule has 1 aliphatic heterocycles. The summed E-state index contributed by atoms with van der Waals surface area (Å²) < 4.78 is 11.4. The third-order valence-electron chi connectivity index (χ3n) is 5.17. The number of hydrogen-bond donors (Lipinski definition) is 1. The van der Waals surface area contributed by atoms with Crippen LogP contribution in [0.3, 0.4) is 0 Å². The first-order valence-electron chi connectivity index (χ1n) is 9.38. The van der Waals surface area contributed by atoms with Gasteiger partial charge < -0.3 is 15.2 Å². The van der Waals surface area contributed by atoms with Crippen LogP contribution in [0.25, 0.3) is 0 Å². The quantitative estimate of drug-likeness (QED) is 0.792. The van der Waals surface area contributed by atoms with Gasteiger partial charge in [0.15, 0.2) is 5.78 Å². The van der Waals surface area contributed by atoms with Gasteiger partial charge in [0.05, 0.1) is 5.92 Å². The number of allylic oxidation sites excluding steroid dienone is 3. The van der Waals surface area contributed by atoms with Crippen molar-refractivity contribution in [3.63, 3.8) is 0 Å². The monoisotopic (exact) mass is 406 g/mol. The lowest BCUT2D eigenvalue weighted by Gasteiger charge is -2.31. The Morgan fingerprint density at radius 2 is 1.93 bits per heavy atom. The molecule has 0 bridgehead atoms. The number of carbonyl (C=O) groups excluding carboxylic acids is 1. The van der Waals surface area contributed by atoms with Gasteiger partial charge in [-0.15, -0.1) is 0 Å². The van der Waals surface area contributed by atoms with Crippen LogP contribution < -0.4 is 10.5 Å². The summed E-state index contributed by atoms with van der Waals surface area (Å²) in [5, 5.41) is 10.3. The predicted molar refractivity (Wildman–Crippen MR) is 109 cm³/mol. The second kappa shape index (κ2) is 8.02. The molecule has 0 saturated carbocycles. The molecular weight excluding hydrogens is 388 g/mol. The van der Waals surface area contributed by atoms with E-state index in [2.05, 4.69) is 6.07 Å². The number of Topliss-reactive ketones (excluding diaryl/α,β-unsaturated/α-hetero) is 1. The number of carbonyl (C=O) groups is 1. The Morgan fingerprint density at radius 3 is 2.66 bits per heavy atom. The third-order valence-corrected chi connectivity index (χ3v) is 5.54. The van der Waals surface area contributed by atoms with Crippen LogP contribution in [0.1, 0.15) is 36.3 Å². The van der Waals surface area contributed by atoms with Gasteiger partial charge in [0, 0.05) is 29.0 Å². The van der Waals surface area contributed by atoms with Crippen molar-refractivity contribution in [3.05, 3.63) is 87.5 Å². The van der Waals surface area contributed by atoms with Crippen molar-refractivity contribution in [3.8, 4) is 11.8 Å². The van der Waals surface area contributed by atoms with E-state index in [9.17, 15) is 10.1 Å². The summed E-state index contributed by atoms with van der Waals surface area (Å²) >= 11 is 6.17. The fraction of sp³-hybridized carbons (Fsp3) is 0.217. The Balaban J connectivity index is 1.60. The van der Waals surface area contributed by atoms with Crippen molar-refractivity contribution in [1.82, 2.24) is 0 Å². The molecule has 29 heavy (non-hydrogen) atoms. The third kappa shape index (κ3) is 3.72. The van der Waals surface area contributed by atoms with E-state index in [-0.39, 0.29) is 17.2 Å². The summed E-state index contributed by atoms with van der Waals surface area (Å²) in [6.07, 6.45) is 1.83. The van der Waals surface area contributed by atoms with Gasteiger partial charge in [-0.2, -0.15) is 5.26 Å². The molecule has 0 radical (unpaired) electrons. The Bertz CT molecular complexity index is 1060. The van der Waals surface area contributed by atoms with Crippen molar-refractivity contribution in [2.24, 2.45) is 5.73 Å². The molecule has 0 unspecified atom stereocenters. The number of hydrogen-bond acceptors (Lipinski definition) is 5. The Morgan fingerprint density at radius 1 is 1.17 bits per heavy atom. The highest BCUT2D eigenvalue weighted by molar-refractivity contribution is 6.31. The van der Waals surface area contributed by atoms with Crippen molar-refractivity contribution >= 4 is 17.4 Å². The van der Waals surface area contributed by atoms with Crippen molar-refractivity contribution < 1.29 is 14.3 Å². The molecule has 1 atom stereocenters. The molecule has 2 N–H and O–H groups in total. The normalized spacial score (nSPS) is 18.8. The lowest BCUT2D eigenvalue weighted by atomic mass is 9.77. The van der Waals surface area contributed by atoms with E-state index in [4.69, 9.17) is 26.8 Å². The number of ether oxygens (including phenoxy) is 2. The van der Waals surface area contributed by atoms with Gasteiger partial charge >= 0.3 is 0 Å². The molecule has 1 aliphatic carbocycles. The minimum atomic E-state index is -0.505. The van der Waals surface area contributed by atoms with Crippen LogP contribution >= 0.6 is 11.6 Å². The van der Waals surface area contributed by atoms with Gasteiger partial charge in [-0.1, -0.05) is 41.9 Å². The molecule has 2 aliphatic rings. The molecular formula is C23H19ClN2O3. The maximum atomic E-state index is 12.6. The second-order valence-corrected chi connectivity index (χ2v) is 7.39. The summed E-state index contributed by atoms with van der Waals surface area (Å²) in [5.41, 5.74) is 8.50. The molecule has 0 aromatic heterocycles. The fourth-order valence-electron chi connectivity index (χ4n) is 3.72. The van der Waals surface area contributed by atoms with Crippen molar-refractivity contribution in [2.45, 2.75) is 31.8 Å². The number of ketones is 1. The number of benzene rings is 2. The Hall–Kier alpha value is -3.23. The minimum absolute atomic E-state index is 0.00976. The topological polar surface area (TPSA) is 85.3 Å². The largest absolute Gasteiger partial charge is 0.489 e. The molecule has 2 aromatic rings.